The molecule has 11 nitrogen and oxygen atoms in total. The van der Waals surface area contributed by atoms with Crippen LogP contribution in [-0.4, -0.2) is 73.5 Å². The first-order valence-corrected chi connectivity index (χ1v) is 15.1. The van der Waals surface area contributed by atoms with Crippen LogP contribution in [0.5, 0.6) is 0 Å². The number of primary amides is 1. The fourth-order valence-electron chi connectivity index (χ4n) is 6.39. The molecule has 1 aromatic carbocycles. The molecule has 2 N–H and O–H groups in total. The molecule has 3 aromatic heterocycles. The fourth-order valence-corrected chi connectivity index (χ4v) is 6.39. The van der Waals surface area contributed by atoms with Gasteiger partial charge in [0, 0.05) is 50.5 Å². The molecule has 46 heavy (non-hydrogen) atoms. The second kappa shape index (κ2) is 12.0. The van der Waals surface area contributed by atoms with Gasteiger partial charge in [-0.1, -0.05) is 32.6 Å². The van der Waals surface area contributed by atoms with E-state index in [2.05, 4.69) is 16.5 Å². The van der Waals surface area contributed by atoms with E-state index >= 15 is 8.78 Å². The number of nitrogens with two attached hydrogens (primary N) is 1. The largest absolute Gasteiger partial charge is 0.355 e. The van der Waals surface area contributed by atoms with E-state index in [1.54, 1.807) is 23.2 Å². The van der Waals surface area contributed by atoms with Crippen molar-refractivity contribution in [1.82, 2.24) is 29.3 Å². The molecule has 0 radical (unpaired) electrons. The summed E-state index contributed by atoms with van der Waals surface area (Å²) in [6, 6.07) is 6.23. The molecule has 1 fully saturated rings. The molecule has 238 valence electrons. The van der Waals surface area contributed by atoms with Gasteiger partial charge in [0.1, 0.15) is 23.1 Å². The molecule has 3 amide bonds. The van der Waals surface area contributed by atoms with E-state index in [0.29, 0.717) is 42.1 Å². The first-order valence-electron chi connectivity index (χ1n) is 15.1. The van der Waals surface area contributed by atoms with Crippen LogP contribution in [0.25, 0.3) is 28.0 Å². The van der Waals surface area contributed by atoms with Crippen LogP contribution in [0.4, 0.5) is 19.4 Å². The summed E-state index contributed by atoms with van der Waals surface area (Å²) in [5.41, 5.74) is 6.68. The highest BCUT2D eigenvalue weighted by Gasteiger charge is 2.32. The van der Waals surface area contributed by atoms with Gasteiger partial charge in [-0.2, -0.15) is 4.98 Å². The monoisotopic (exact) mass is 628 g/mol. The number of benzene rings is 1. The minimum absolute atomic E-state index is 0.0841. The molecule has 0 aliphatic carbocycles. The van der Waals surface area contributed by atoms with Crippen LogP contribution in [0.15, 0.2) is 54.0 Å². The molecule has 2 aliphatic heterocycles. The SMILES string of the molecule is C=CC(=O)N1CCN(c2nc(=O)n3c4nc(c(F)cc24)-c2c(F)cccc2CN(C(N)=O)CCc2ccnc(C(C)C)c2-3)[C@@H](C)C1. The summed E-state index contributed by atoms with van der Waals surface area (Å²) >= 11 is 0. The van der Waals surface area contributed by atoms with Gasteiger partial charge in [-0.3, -0.25) is 9.78 Å². The maximum Gasteiger partial charge on any atom is 0.355 e. The van der Waals surface area contributed by atoms with Gasteiger partial charge in [0.15, 0.2) is 5.65 Å². The molecule has 0 spiro atoms. The van der Waals surface area contributed by atoms with Crippen LogP contribution in [0.3, 0.4) is 0 Å². The Morgan fingerprint density at radius 2 is 1.85 bits per heavy atom. The Morgan fingerprint density at radius 3 is 2.54 bits per heavy atom. The zero-order valence-corrected chi connectivity index (χ0v) is 25.8. The van der Waals surface area contributed by atoms with Gasteiger partial charge in [0.25, 0.3) is 0 Å². The standard InChI is InChI=1S/C33H34F2N8O3/c1-5-25(44)40-13-14-42(19(4)16-40)30-22-15-24(35)28-26-21(7-6-8-23(26)34)17-41(32(36)45)12-10-20-9-11-37-27(18(2)3)29(20)43(31(22)38-28)33(46)39-30/h5-9,11,15,18-19H,1,10,12-14,16-17H2,2-4H3,(H2,36,45)/t19-/m0/s1. The summed E-state index contributed by atoms with van der Waals surface area (Å²) in [5, 5.41) is 0.245. The number of anilines is 1. The zero-order chi connectivity index (χ0) is 32.9. The minimum Gasteiger partial charge on any atom is -0.351 e. The maximum absolute atomic E-state index is 16.3. The summed E-state index contributed by atoms with van der Waals surface area (Å²) in [5.74, 6) is -1.72. The number of rotatable bonds is 3. The number of hydrogen-bond donors (Lipinski definition) is 1. The summed E-state index contributed by atoms with van der Waals surface area (Å²) < 4.78 is 33.3. The van der Waals surface area contributed by atoms with Gasteiger partial charge < -0.3 is 20.4 Å². The first kappa shape index (κ1) is 30.8. The van der Waals surface area contributed by atoms with E-state index in [0.717, 1.165) is 0 Å². The zero-order valence-electron chi connectivity index (χ0n) is 25.8. The van der Waals surface area contributed by atoms with Gasteiger partial charge in [-0.15, -0.1) is 0 Å². The lowest BCUT2D eigenvalue weighted by molar-refractivity contribution is -0.126. The number of carbonyl (C=O) groups excluding carboxylic acids is 2. The topological polar surface area (TPSA) is 131 Å². The number of hydrogen-bond acceptors (Lipinski definition) is 7. The molecule has 6 rings (SSSR count). The third-order valence-corrected chi connectivity index (χ3v) is 8.65. The van der Waals surface area contributed by atoms with Crippen molar-refractivity contribution >= 4 is 28.8 Å². The Hall–Kier alpha value is -5.20. The van der Waals surface area contributed by atoms with Crippen molar-refractivity contribution in [2.45, 2.75) is 45.7 Å². The van der Waals surface area contributed by atoms with Crippen LogP contribution in [0.2, 0.25) is 0 Å². The summed E-state index contributed by atoms with van der Waals surface area (Å²) in [4.78, 5) is 57.8. The molecule has 5 heterocycles. The average molecular weight is 629 g/mol. The normalized spacial score (nSPS) is 16.6. The van der Waals surface area contributed by atoms with Crippen LogP contribution in [0.1, 0.15) is 43.5 Å². The molecule has 2 bridgehead atoms. The van der Waals surface area contributed by atoms with Crippen LogP contribution in [-0.2, 0) is 17.8 Å². The quantitative estimate of drug-likeness (QED) is 0.341. The maximum atomic E-state index is 16.3. The van der Waals surface area contributed by atoms with E-state index in [4.69, 9.17) is 10.7 Å². The molecule has 1 saturated heterocycles. The number of amides is 3. The van der Waals surface area contributed by atoms with Crippen molar-refractivity contribution in [3.05, 3.63) is 88.1 Å². The van der Waals surface area contributed by atoms with Crippen molar-refractivity contribution < 1.29 is 18.4 Å². The van der Waals surface area contributed by atoms with Gasteiger partial charge >= 0.3 is 11.7 Å². The predicted molar refractivity (Wildman–Crippen MR) is 170 cm³/mol. The van der Waals surface area contributed by atoms with Gasteiger partial charge in [-0.05, 0) is 54.7 Å². The molecular formula is C33H34F2N8O3. The Kier molecular flexibility index (Phi) is 8.01. The molecule has 2 aliphatic rings. The number of carbonyl (C=O) groups is 2. The molecular weight excluding hydrogens is 594 g/mol. The third-order valence-electron chi connectivity index (χ3n) is 8.65. The number of fused-ring (bicyclic) bond motifs is 5. The van der Waals surface area contributed by atoms with Gasteiger partial charge in [0.05, 0.1) is 16.8 Å². The van der Waals surface area contributed by atoms with E-state index in [9.17, 15) is 14.4 Å². The predicted octanol–water partition coefficient (Wildman–Crippen LogP) is 3.90. The Labute approximate surface area is 264 Å². The van der Waals surface area contributed by atoms with E-state index < -0.39 is 23.4 Å². The van der Waals surface area contributed by atoms with Crippen molar-refractivity contribution in [3.8, 4) is 16.9 Å². The number of urea groups is 1. The Balaban J connectivity index is 1.70. The lowest BCUT2D eigenvalue weighted by Crippen LogP contribution is -2.54. The van der Waals surface area contributed by atoms with Crippen molar-refractivity contribution in [3.63, 3.8) is 0 Å². The van der Waals surface area contributed by atoms with E-state index in [1.807, 2.05) is 25.7 Å². The highest BCUT2D eigenvalue weighted by atomic mass is 19.1. The Bertz CT molecular complexity index is 1960. The van der Waals surface area contributed by atoms with E-state index in [1.165, 1.54) is 33.7 Å². The summed E-state index contributed by atoms with van der Waals surface area (Å²) in [7, 11) is 0. The van der Waals surface area contributed by atoms with Crippen LogP contribution < -0.4 is 16.3 Å². The van der Waals surface area contributed by atoms with Crippen molar-refractivity contribution in [1.29, 1.82) is 0 Å². The smallest absolute Gasteiger partial charge is 0.351 e. The fraction of sp³-hybridized carbons (Fsp3) is 0.333. The Morgan fingerprint density at radius 1 is 1.07 bits per heavy atom. The third kappa shape index (κ3) is 5.25. The van der Waals surface area contributed by atoms with Gasteiger partial charge in [-0.25, -0.2) is 27.9 Å². The van der Waals surface area contributed by atoms with Crippen molar-refractivity contribution in [2.24, 2.45) is 5.73 Å². The number of aromatic nitrogens is 4. The first-order chi connectivity index (χ1) is 22.0. The highest BCUT2D eigenvalue weighted by molar-refractivity contribution is 5.91. The highest BCUT2D eigenvalue weighted by Crippen LogP contribution is 2.36. The van der Waals surface area contributed by atoms with Crippen molar-refractivity contribution in [2.75, 3.05) is 31.1 Å². The minimum atomic E-state index is -0.835. The van der Waals surface area contributed by atoms with Gasteiger partial charge in [0.2, 0.25) is 5.91 Å². The molecule has 0 unspecified atom stereocenters. The molecule has 4 aromatic rings. The number of piperazine rings is 1. The molecule has 13 heteroatoms. The molecule has 0 saturated carbocycles. The summed E-state index contributed by atoms with van der Waals surface area (Å²) in [6.07, 6.45) is 3.17. The number of nitrogens with zero attached hydrogens (tertiary/aromatic N) is 7. The lowest BCUT2D eigenvalue weighted by Gasteiger charge is -2.40. The number of halogens is 2. The van der Waals surface area contributed by atoms with E-state index in [-0.39, 0.29) is 65.5 Å². The summed E-state index contributed by atoms with van der Waals surface area (Å²) in [6.45, 7) is 10.4. The van der Waals surface area contributed by atoms with Crippen LogP contribution >= 0.6 is 0 Å². The second-order valence-electron chi connectivity index (χ2n) is 11.9. The number of pyridine rings is 2. The molecule has 1 atom stereocenters. The lowest BCUT2D eigenvalue weighted by atomic mass is 9.99. The van der Waals surface area contributed by atoms with Crippen LogP contribution in [0, 0.1) is 11.6 Å². The average Bonchev–Trinajstić information content (AvgIpc) is 3.02. The second-order valence-corrected chi connectivity index (χ2v) is 11.9.